The van der Waals surface area contributed by atoms with Crippen LogP contribution in [-0.4, -0.2) is 24.0 Å². The normalized spacial score (nSPS) is 14.9. The third-order valence-electron chi connectivity index (χ3n) is 4.40. The van der Waals surface area contributed by atoms with Crippen molar-refractivity contribution in [2.45, 2.75) is 19.8 Å². The first-order valence-corrected chi connectivity index (χ1v) is 8.18. The number of hydrogen-bond donors (Lipinski definition) is 1. The number of carbonyl (C=O) groups excluding carboxylic acids is 1. The molecule has 1 amide bonds. The van der Waals surface area contributed by atoms with Crippen LogP contribution in [0.3, 0.4) is 0 Å². The minimum atomic E-state index is -0.244. The predicted octanol–water partition coefficient (Wildman–Crippen LogP) is 3.44. The highest BCUT2D eigenvalue weighted by atomic mass is 16.1. The lowest BCUT2D eigenvalue weighted by atomic mass is 9.99. The van der Waals surface area contributed by atoms with Crippen LogP contribution in [0.4, 0.5) is 11.4 Å². The van der Waals surface area contributed by atoms with E-state index in [1.807, 2.05) is 12.1 Å². The number of rotatable bonds is 3. The summed E-state index contributed by atoms with van der Waals surface area (Å²) in [5.41, 5.74) is 2.66. The molecule has 24 heavy (non-hydrogen) atoms. The van der Waals surface area contributed by atoms with E-state index >= 15 is 0 Å². The van der Waals surface area contributed by atoms with Gasteiger partial charge in [-0.25, -0.2) is 0 Å². The maximum atomic E-state index is 12.4. The highest BCUT2D eigenvalue weighted by molar-refractivity contribution is 6.03. The van der Waals surface area contributed by atoms with Crippen molar-refractivity contribution in [1.29, 1.82) is 5.26 Å². The SMILES string of the molecule is CC1CCN(c2ccnc(C(=O)Nc3ccc(C#N)cc3)c2)CC1. The first-order valence-electron chi connectivity index (χ1n) is 8.18. The smallest absolute Gasteiger partial charge is 0.274 e. The Morgan fingerprint density at radius 2 is 1.96 bits per heavy atom. The van der Waals surface area contributed by atoms with Crippen molar-refractivity contribution in [2.75, 3.05) is 23.3 Å². The molecular formula is C19H20N4O. The second-order valence-corrected chi connectivity index (χ2v) is 6.21. The van der Waals surface area contributed by atoms with Gasteiger partial charge in [0.1, 0.15) is 5.69 Å². The molecule has 1 aromatic carbocycles. The Kier molecular flexibility index (Phi) is 4.76. The van der Waals surface area contributed by atoms with E-state index in [1.165, 1.54) is 12.8 Å². The Morgan fingerprint density at radius 3 is 2.62 bits per heavy atom. The molecule has 2 aromatic rings. The number of carbonyl (C=O) groups is 1. The van der Waals surface area contributed by atoms with E-state index < -0.39 is 0 Å². The molecule has 0 saturated carbocycles. The van der Waals surface area contributed by atoms with Crippen LogP contribution in [0.2, 0.25) is 0 Å². The number of nitrogens with zero attached hydrogens (tertiary/aromatic N) is 3. The fraction of sp³-hybridized carbons (Fsp3) is 0.316. The van der Waals surface area contributed by atoms with Crippen LogP contribution in [-0.2, 0) is 0 Å². The van der Waals surface area contributed by atoms with Crippen molar-refractivity contribution in [3.63, 3.8) is 0 Å². The Morgan fingerprint density at radius 1 is 1.25 bits per heavy atom. The average molecular weight is 320 g/mol. The number of piperidine rings is 1. The largest absolute Gasteiger partial charge is 0.371 e. The molecule has 1 fully saturated rings. The van der Waals surface area contributed by atoms with Gasteiger partial charge in [0.2, 0.25) is 0 Å². The molecule has 0 unspecified atom stereocenters. The Bertz CT molecular complexity index is 756. The third kappa shape index (κ3) is 3.72. The quantitative estimate of drug-likeness (QED) is 0.940. The maximum absolute atomic E-state index is 12.4. The molecule has 1 aromatic heterocycles. The topological polar surface area (TPSA) is 69.0 Å². The first-order chi connectivity index (χ1) is 11.7. The van der Waals surface area contributed by atoms with E-state index in [2.05, 4.69) is 28.2 Å². The number of nitriles is 1. The number of pyridine rings is 1. The number of anilines is 2. The van der Waals surface area contributed by atoms with Crippen LogP contribution in [0.1, 0.15) is 35.8 Å². The number of hydrogen-bond acceptors (Lipinski definition) is 4. The van der Waals surface area contributed by atoms with Crippen molar-refractivity contribution in [3.05, 3.63) is 53.9 Å². The summed E-state index contributed by atoms with van der Waals surface area (Å²) in [5, 5.41) is 11.6. The molecule has 5 heteroatoms. The minimum absolute atomic E-state index is 0.244. The summed E-state index contributed by atoms with van der Waals surface area (Å²) >= 11 is 0. The molecule has 1 aliphatic rings. The Hall–Kier alpha value is -2.87. The first kappa shape index (κ1) is 16.0. The molecule has 0 radical (unpaired) electrons. The zero-order valence-corrected chi connectivity index (χ0v) is 13.7. The molecule has 1 saturated heterocycles. The lowest BCUT2D eigenvalue weighted by Gasteiger charge is -2.32. The molecule has 0 atom stereocenters. The van der Waals surface area contributed by atoms with Crippen LogP contribution in [0.5, 0.6) is 0 Å². The Labute approximate surface area is 141 Å². The van der Waals surface area contributed by atoms with Gasteiger partial charge in [0.25, 0.3) is 5.91 Å². The fourth-order valence-electron chi connectivity index (χ4n) is 2.83. The maximum Gasteiger partial charge on any atom is 0.274 e. The van der Waals surface area contributed by atoms with Gasteiger partial charge in [-0.05, 0) is 55.2 Å². The number of nitrogens with one attached hydrogen (secondary N) is 1. The molecular weight excluding hydrogens is 300 g/mol. The minimum Gasteiger partial charge on any atom is -0.371 e. The number of benzene rings is 1. The van der Waals surface area contributed by atoms with Crippen LogP contribution < -0.4 is 10.2 Å². The van der Waals surface area contributed by atoms with Gasteiger partial charge in [-0.3, -0.25) is 9.78 Å². The summed E-state index contributed by atoms with van der Waals surface area (Å²) in [7, 11) is 0. The highest BCUT2D eigenvalue weighted by Gasteiger charge is 2.17. The summed E-state index contributed by atoms with van der Waals surface area (Å²) in [6.45, 7) is 4.31. The average Bonchev–Trinajstić information content (AvgIpc) is 2.63. The van der Waals surface area contributed by atoms with Crippen LogP contribution in [0.25, 0.3) is 0 Å². The summed E-state index contributed by atoms with van der Waals surface area (Å²) < 4.78 is 0. The van der Waals surface area contributed by atoms with Crippen LogP contribution in [0, 0.1) is 17.2 Å². The molecule has 1 N–H and O–H groups in total. The standard InChI is InChI=1S/C19H20N4O/c1-14-7-10-23(11-8-14)17-6-9-21-18(12-17)19(24)22-16-4-2-15(13-20)3-5-16/h2-6,9,12,14H,7-8,10-11H2,1H3,(H,22,24). The van der Waals surface area contributed by atoms with E-state index in [-0.39, 0.29) is 5.91 Å². The van der Waals surface area contributed by atoms with Gasteiger partial charge >= 0.3 is 0 Å². The molecule has 122 valence electrons. The van der Waals surface area contributed by atoms with Crippen molar-refractivity contribution in [3.8, 4) is 6.07 Å². The van der Waals surface area contributed by atoms with Gasteiger partial charge in [-0.15, -0.1) is 0 Å². The van der Waals surface area contributed by atoms with Gasteiger partial charge in [-0.1, -0.05) is 6.92 Å². The molecule has 0 aliphatic carbocycles. The number of aromatic nitrogens is 1. The highest BCUT2D eigenvalue weighted by Crippen LogP contribution is 2.23. The fourth-order valence-corrected chi connectivity index (χ4v) is 2.83. The second-order valence-electron chi connectivity index (χ2n) is 6.21. The van der Waals surface area contributed by atoms with Crippen molar-refractivity contribution < 1.29 is 4.79 Å². The molecule has 0 spiro atoms. The number of amides is 1. The van der Waals surface area contributed by atoms with Gasteiger partial charge in [0.05, 0.1) is 11.6 Å². The lowest BCUT2D eigenvalue weighted by molar-refractivity contribution is 0.102. The molecule has 2 heterocycles. The lowest BCUT2D eigenvalue weighted by Crippen LogP contribution is -2.33. The van der Waals surface area contributed by atoms with E-state index in [0.29, 0.717) is 16.9 Å². The van der Waals surface area contributed by atoms with Crippen molar-refractivity contribution in [1.82, 2.24) is 4.98 Å². The van der Waals surface area contributed by atoms with Crippen molar-refractivity contribution >= 4 is 17.3 Å². The Balaban J connectivity index is 1.70. The molecule has 1 aliphatic heterocycles. The summed E-state index contributed by atoms with van der Waals surface area (Å²) in [5.74, 6) is 0.522. The summed E-state index contributed by atoms with van der Waals surface area (Å²) in [6, 6.07) is 12.6. The van der Waals surface area contributed by atoms with Gasteiger partial charge in [0, 0.05) is 30.7 Å². The zero-order valence-electron chi connectivity index (χ0n) is 13.7. The monoisotopic (exact) mass is 320 g/mol. The van der Waals surface area contributed by atoms with Gasteiger partial charge in [0.15, 0.2) is 0 Å². The molecule has 3 rings (SSSR count). The van der Waals surface area contributed by atoms with Crippen LogP contribution in [0.15, 0.2) is 42.6 Å². The zero-order chi connectivity index (χ0) is 16.9. The summed E-state index contributed by atoms with van der Waals surface area (Å²) in [4.78, 5) is 18.9. The van der Waals surface area contributed by atoms with Gasteiger partial charge in [-0.2, -0.15) is 5.26 Å². The van der Waals surface area contributed by atoms with Gasteiger partial charge < -0.3 is 10.2 Å². The van der Waals surface area contributed by atoms with Crippen molar-refractivity contribution in [2.24, 2.45) is 5.92 Å². The van der Waals surface area contributed by atoms with E-state index in [1.54, 1.807) is 30.5 Å². The third-order valence-corrected chi connectivity index (χ3v) is 4.40. The molecule has 0 bridgehead atoms. The molecule has 5 nitrogen and oxygen atoms in total. The predicted molar refractivity (Wildman–Crippen MR) is 94.0 cm³/mol. The summed E-state index contributed by atoms with van der Waals surface area (Å²) in [6.07, 6.45) is 4.03. The van der Waals surface area contributed by atoms with E-state index in [0.717, 1.165) is 24.7 Å². The van der Waals surface area contributed by atoms with Crippen LogP contribution >= 0.6 is 0 Å². The van der Waals surface area contributed by atoms with E-state index in [4.69, 9.17) is 5.26 Å². The van der Waals surface area contributed by atoms with E-state index in [9.17, 15) is 4.79 Å². The second kappa shape index (κ2) is 7.14.